The van der Waals surface area contributed by atoms with Gasteiger partial charge in [0.25, 0.3) is 11.8 Å². The molecule has 0 N–H and O–H groups in total. The van der Waals surface area contributed by atoms with Crippen molar-refractivity contribution < 1.29 is 14.0 Å². The summed E-state index contributed by atoms with van der Waals surface area (Å²) < 4.78 is 6.53. The molecular formula is C14H16N4O3. The summed E-state index contributed by atoms with van der Waals surface area (Å²) >= 11 is 0. The number of carbonyl (C=O) groups is 2. The van der Waals surface area contributed by atoms with Crippen molar-refractivity contribution in [1.82, 2.24) is 19.6 Å². The third-order valence-corrected chi connectivity index (χ3v) is 3.57. The zero-order valence-electron chi connectivity index (χ0n) is 11.7. The zero-order chi connectivity index (χ0) is 14.8. The quantitative estimate of drug-likeness (QED) is 0.812. The van der Waals surface area contributed by atoms with E-state index in [1.54, 1.807) is 40.0 Å². The Morgan fingerprint density at radius 3 is 2.19 bits per heavy atom. The maximum Gasteiger partial charge on any atom is 0.257 e. The highest BCUT2D eigenvalue weighted by Gasteiger charge is 2.26. The van der Waals surface area contributed by atoms with Crippen LogP contribution in [0.4, 0.5) is 0 Å². The fraction of sp³-hybridized carbons (Fsp3) is 0.357. The molecular weight excluding hydrogens is 272 g/mol. The van der Waals surface area contributed by atoms with Crippen molar-refractivity contribution >= 4 is 11.8 Å². The van der Waals surface area contributed by atoms with Gasteiger partial charge in [-0.2, -0.15) is 5.10 Å². The molecule has 2 aromatic heterocycles. The van der Waals surface area contributed by atoms with E-state index in [1.165, 1.54) is 12.5 Å². The van der Waals surface area contributed by atoms with Crippen LogP contribution in [0.25, 0.3) is 0 Å². The molecule has 1 fully saturated rings. The van der Waals surface area contributed by atoms with E-state index in [0.717, 1.165) is 0 Å². The summed E-state index contributed by atoms with van der Waals surface area (Å²) in [6, 6.07) is 1.65. The summed E-state index contributed by atoms with van der Waals surface area (Å²) in [5.41, 5.74) is 1.12. The minimum Gasteiger partial charge on any atom is -0.472 e. The summed E-state index contributed by atoms with van der Waals surface area (Å²) in [4.78, 5) is 27.9. The average molecular weight is 288 g/mol. The van der Waals surface area contributed by atoms with Crippen LogP contribution in [0.5, 0.6) is 0 Å². The highest BCUT2D eigenvalue weighted by Crippen LogP contribution is 2.11. The fourth-order valence-corrected chi connectivity index (χ4v) is 2.40. The van der Waals surface area contributed by atoms with Crippen LogP contribution in [0.2, 0.25) is 0 Å². The summed E-state index contributed by atoms with van der Waals surface area (Å²) in [6.07, 6.45) is 6.18. The molecule has 0 bridgehead atoms. The van der Waals surface area contributed by atoms with Gasteiger partial charge < -0.3 is 14.2 Å². The second-order valence-electron chi connectivity index (χ2n) is 5.00. The summed E-state index contributed by atoms with van der Waals surface area (Å²) in [6.45, 7) is 2.10. The van der Waals surface area contributed by atoms with Crippen LogP contribution in [0.3, 0.4) is 0 Å². The van der Waals surface area contributed by atoms with Crippen molar-refractivity contribution in [2.24, 2.45) is 7.05 Å². The van der Waals surface area contributed by atoms with E-state index >= 15 is 0 Å². The van der Waals surface area contributed by atoms with E-state index in [1.807, 2.05) is 0 Å². The molecule has 0 aliphatic carbocycles. The molecule has 0 saturated carbocycles. The first kappa shape index (κ1) is 13.4. The zero-order valence-corrected chi connectivity index (χ0v) is 11.7. The van der Waals surface area contributed by atoms with E-state index in [4.69, 9.17) is 4.42 Å². The molecule has 2 amide bonds. The van der Waals surface area contributed by atoms with Gasteiger partial charge in [0.05, 0.1) is 23.6 Å². The molecule has 0 spiro atoms. The predicted molar refractivity (Wildman–Crippen MR) is 73.7 cm³/mol. The van der Waals surface area contributed by atoms with Gasteiger partial charge in [0.1, 0.15) is 6.26 Å². The number of piperazine rings is 1. The standard InChI is InChI=1S/C14H16N4O3/c1-16-9-12(8-15-16)14(20)18-5-3-17(4-6-18)13(19)11-2-7-21-10-11/h2,7-10H,3-6H2,1H3. The fourth-order valence-electron chi connectivity index (χ4n) is 2.40. The van der Waals surface area contributed by atoms with Crippen LogP contribution in [-0.2, 0) is 7.05 Å². The molecule has 1 aliphatic heterocycles. The number of rotatable bonds is 2. The largest absolute Gasteiger partial charge is 0.472 e. The molecule has 0 atom stereocenters. The highest BCUT2D eigenvalue weighted by atomic mass is 16.3. The maximum atomic E-state index is 12.3. The first-order valence-electron chi connectivity index (χ1n) is 6.74. The number of aromatic nitrogens is 2. The van der Waals surface area contributed by atoms with Crippen LogP contribution in [0, 0.1) is 0 Å². The SMILES string of the molecule is Cn1cc(C(=O)N2CCN(C(=O)c3ccoc3)CC2)cn1. The van der Waals surface area contributed by atoms with Gasteiger partial charge >= 0.3 is 0 Å². The van der Waals surface area contributed by atoms with Crippen molar-refractivity contribution in [3.05, 3.63) is 42.1 Å². The number of nitrogens with zero attached hydrogens (tertiary/aromatic N) is 4. The first-order chi connectivity index (χ1) is 10.1. The minimum atomic E-state index is -0.0581. The van der Waals surface area contributed by atoms with Crippen molar-refractivity contribution in [3.8, 4) is 0 Å². The molecule has 1 aliphatic rings. The molecule has 3 rings (SSSR count). The Hall–Kier alpha value is -2.57. The lowest BCUT2D eigenvalue weighted by Gasteiger charge is -2.34. The lowest BCUT2D eigenvalue weighted by Crippen LogP contribution is -2.50. The van der Waals surface area contributed by atoms with E-state index in [9.17, 15) is 9.59 Å². The van der Waals surface area contributed by atoms with E-state index in [-0.39, 0.29) is 11.8 Å². The molecule has 1 saturated heterocycles. The van der Waals surface area contributed by atoms with Crippen molar-refractivity contribution in [1.29, 1.82) is 0 Å². The van der Waals surface area contributed by atoms with E-state index < -0.39 is 0 Å². The van der Waals surface area contributed by atoms with Crippen LogP contribution in [0.15, 0.2) is 35.4 Å². The van der Waals surface area contributed by atoms with Crippen LogP contribution < -0.4 is 0 Å². The second-order valence-corrected chi connectivity index (χ2v) is 5.00. The van der Waals surface area contributed by atoms with Gasteiger partial charge in [0, 0.05) is 39.4 Å². The van der Waals surface area contributed by atoms with E-state index in [2.05, 4.69) is 5.10 Å². The molecule has 7 nitrogen and oxygen atoms in total. The van der Waals surface area contributed by atoms with Gasteiger partial charge in [-0.3, -0.25) is 14.3 Å². The lowest BCUT2D eigenvalue weighted by atomic mass is 10.2. The molecule has 21 heavy (non-hydrogen) atoms. The van der Waals surface area contributed by atoms with Crippen LogP contribution in [0.1, 0.15) is 20.7 Å². The Labute approximate surface area is 121 Å². The van der Waals surface area contributed by atoms with Crippen molar-refractivity contribution in [2.75, 3.05) is 26.2 Å². The number of aryl methyl sites for hydroxylation is 1. The van der Waals surface area contributed by atoms with Gasteiger partial charge in [-0.25, -0.2) is 0 Å². The number of amides is 2. The van der Waals surface area contributed by atoms with Gasteiger partial charge in [-0.15, -0.1) is 0 Å². The monoisotopic (exact) mass is 288 g/mol. The molecule has 110 valence electrons. The maximum absolute atomic E-state index is 12.3. The topological polar surface area (TPSA) is 71.6 Å². The number of hydrogen-bond acceptors (Lipinski definition) is 4. The molecule has 3 heterocycles. The summed E-state index contributed by atoms with van der Waals surface area (Å²) in [7, 11) is 1.78. The van der Waals surface area contributed by atoms with Crippen LogP contribution >= 0.6 is 0 Å². The first-order valence-corrected chi connectivity index (χ1v) is 6.74. The van der Waals surface area contributed by atoms with Gasteiger partial charge in [0.2, 0.25) is 0 Å². The second kappa shape index (κ2) is 5.43. The summed E-state index contributed by atoms with van der Waals surface area (Å²) in [5.74, 6) is -0.101. The van der Waals surface area contributed by atoms with Crippen molar-refractivity contribution in [3.63, 3.8) is 0 Å². The third-order valence-electron chi connectivity index (χ3n) is 3.57. The van der Waals surface area contributed by atoms with Gasteiger partial charge in [0.15, 0.2) is 0 Å². The predicted octanol–water partition coefficient (Wildman–Crippen LogP) is 0.611. The van der Waals surface area contributed by atoms with Crippen molar-refractivity contribution in [2.45, 2.75) is 0 Å². The minimum absolute atomic E-state index is 0.0430. The van der Waals surface area contributed by atoms with Gasteiger partial charge in [-0.05, 0) is 6.07 Å². The Morgan fingerprint density at radius 2 is 1.71 bits per heavy atom. The number of carbonyl (C=O) groups excluding carboxylic acids is 2. The van der Waals surface area contributed by atoms with E-state index in [0.29, 0.717) is 37.3 Å². The summed E-state index contributed by atoms with van der Waals surface area (Å²) in [5, 5.41) is 4.00. The Kier molecular flexibility index (Phi) is 3.47. The Balaban J connectivity index is 1.60. The van der Waals surface area contributed by atoms with Gasteiger partial charge in [-0.1, -0.05) is 0 Å². The lowest BCUT2D eigenvalue weighted by molar-refractivity contribution is 0.0535. The normalized spacial score (nSPS) is 15.3. The Morgan fingerprint density at radius 1 is 1.10 bits per heavy atom. The average Bonchev–Trinajstić information content (AvgIpc) is 3.17. The molecule has 2 aromatic rings. The molecule has 0 radical (unpaired) electrons. The third kappa shape index (κ3) is 2.67. The van der Waals surface area contributed by atoms with Crippen LogP contribution in [-0.4, -0.2) is 57.6 Å². The number of hydrogen-bond donors (Lipinski definition) is 0. The highest BCUT2D eigenvalue weighted by molar-refractivity contribution is 5.95. The smallest absolute Gasteiger partial charge is 0.257 e. The Bertz CT molecular complexity index is 639. The molecule has 0 aromatic carbocycles. The molecule has 7 heteroatoms. The number of furan rings is 1. The molecule has 0 unspecified atom stereocenters.